The average molecular weight is 344 g/mol. The fraction of sp³-hybridized carbons (Fsp3) is 0.353. The minimum Gasteiger partial charge on any atom is -0.349 e. The molecule has 6 nitrogen and oxygen atoms in total. The lowest BCUT2D eigenvalue weighted by Gasteiger charge is -2.23. The van der Waals surface area contributed by atoms with Crippen LogP contribution in [0.2, 0.25) is 0 Å². The third kappa shape index (κ3) is 3.56. The van der Waals surface area contributed by atoms with Crippen molar-refractivity contribution in [3.63, 3.8) is 0 Å². The number of benzene rings is 1. The average Bonchev–Trinajstić information content (AvgIpc) is 3.29. The van der Waals surface area contributed by atoms with Gasteiger partial charge in [-0.05, 0) is 12.8 Å². The fourth-order valence-corrected chi connectivity index (χ4v) is 3.65. The number of likely N-dealkylation sites (tertiary alicyclic amines) is 1. The van der Waals surface area contributed by atoms with Crippen molar-refractivity contribution in [2.75, 3.05) is 13.6 Å². The molecule has 0 spiro atoms. The second-order valence-corrected chi connectivity index (χ2v) is 6.49. The van der Waals surface area contributed by atoms with Gasteiger partial charge in [0, 0.05) is 24.5 Å². The van der Waals surface area contributed by atoms with Gasteiger partial charge in [0.1, 0.15) is 11.0 Å². The molecule has 2 N–H and O–H groups in total. The van der Waals surface area contributed by atoms with E-state index in [1.165, 1.54) is 0 Å². The zero-order chi connectivity index (χ0) is 16.9. The second-order valence-electron chi connectivity index (χ2n) is 5.63. The molecule has 0 radical (unpaired) electrons. The van der Waals surface area contributed by atoms with Crippen molar-refractivity contribution in [1.29, 1.82) is 0 Å². The van der Waals surface area contributed by atoms with E-state index in [0.717, 1.165) is 22.7 Å². The van der Waals surface area contributed by atoms with Crippen LogP contribution >= 0.6 is 11.3 Å². The van der Waals surface area contributed by atoms with E-state index in [1.54, 1.807) is 23.3 Å². The van der Waals surface area contributed by atoms with Crippen molar-refractivity contribution in [3.8, 4) is 10.6 Å². The van der Waals surface area contributed by atoms with Crippen LogP contribution in [-0.2, 0) is 11.3 Å². The van der Waals surface area contributed by atoms with Crippen LogP contribution in [0.5, 0.6) is 0 Å². The maximum Gasteiger partial charge on any atom is 0.317 e. The van der Waals surface area contributed by atoms with Crippen LogP contribution in [0, 0.1) is 0 Å². The van der Waals surface area contributed by atoms with Gasteiger partial charge in [-0.2, -0.15) is 0 Å². The van der Waals surface area contributed by atoms with Crippen molar-refractivity contribution < 1.29 is 9.59 Å². The van der Waals surface area contributed by atoms with E-state index in [0.29, 0.717) is 19.5 Å². The summed E-state index contributed by atoms with van der Waals surface area (Å²) < 4.78 is 0. The molecule has 3 rings (SSSR count). The van der Waals surface area contributed by atoms with Gasteiger partial charge >= 0.3 is 6.03 Å². The number of nitrogens with one attached hydrogen (secondary N) is 2. The number of aromatic nitrogens is 1. The van der Waals surface area contributed by atoms with Gasteiger partial charge in [0.2, 0.25) is 5.91 Å². The van der Waals surface area contributed by atoms with Crippen LogP contribution in [0.15, 0.2) is 35.7 Å². The Balaban J connectivity index is 1.59. The first-order valence-electron chi connectivity index (χ1n) is 7.95. The quantitative estimate of drug-likeness (QED) is 0.893. The summed E-state index contributed by atoms with van der Waals surface area (Å²) in [6.07, 6.45) is 1.55. The third-order valence-corrected chi connectivity index (χ3v) is 4.99. The first-order valence-corrected chi connectivity index (χ1v) is 8.83. The smallest absolute Gasteiger partial charge is 0.317 e. The van der Waals surface area contributed by atoms with Crippen LogP contribution in [0.25, 0.3) is 10.6 Å². The van der Waals surface area contributed by atoms with Crippen molar-refractivity contribution >= 4 is 23.3 Å². The molecule has 0 saturated carbocycles. The fourth-order valence-electron chi connectivity index (χ4n) is 2.82. The topological polar surface area (TPSA) is 74.3 Å². The molecule has 126 valence electrons. The molecule has 7 heteroatoms. The largest absolute Gasteiger partial charge is 0.349 e. The number of hydrogen-bond acceptors (Lipinski definition) is 4. The van der Waals surface area contributed by atoms with E-state index in [-0.39, 0.29) is 11.9 Å². The molecule has 1 saturated heterocycles. The van der Waals surface area contributed by atoms with Crippen molar-refractivity contribution in [1.82, 2.24) is 20.5 Å². The molecule has 24 heavy (non-hydrogen) atoms. The maximum atomic E-state index is 12.4. The summed E-state index contributed by atoms with van der Waals surface area (Å²) in [5, 5.41) is 8.37. The Morgan fingerprint density at radius 3 is 2.88 bits per heavy atom. The van der Waals surface area contributed by atoms with Gasteiger partial charge in [-0.15, -0.1) is 11.3 Å². The first kappa shape index (κ1) is 16.4. The number of carbonyl (C=O) groups is 2. The Morgan fingerprint density at radius 2 is 2.12 bits per heavy atom. The standard InChI is InChI=1S/C17H20N4O2S/c1-18-17(23)21-9-5-8-14(21)15(22)19-10-13-11-24-16(20-13)12-6-3-2-4-7-12/h2-4,6-7,11,14H,5,8-10H2,1H3,(H,18,23)(H,19,22). The molecular formula is C17H20N4O2S. The van der Waals surface area contributed by atoms with E-state index >= 15 is 0 Å². The highest BCUT2D eigenvalue weighted by molar-refractivity contribution is 7.13. The highest BCUT2D eigenvalue weighted by Gasteiger charge is 2.33. The van der Waals surface area contributed by atoms with Crippen molar-refractivity contribution in [3.05, 3.63) is 41.4 Å². The molecule has 2 aromatic rings. The predicted octanol–water partition coefficient (Wildman–Crippen LogP) is 2.23. The van der Waals surface area contributed by atoms with Gasteiger partial charge < -0.3 is 15.5 Å². The Bertz CT molecular complexity index is 716. The molecule has 2 heterocycles. The lowest BCUT2D eigenvalue weighted by atomic mass is 10.2. The summed E-state index contributed by atoms with van der Waals surface area (Å²) in [5.41, 5.74) is 1.90. The zero-order valence-corrected chi connectivity index (χ0v) is 14.3. The lowest BCUT2D eigenvalue weighted by molar-refractivity contribution is -0.124. The molecule has 1 aliphatic rings. The summed E-state index contributed by atoms with van der Waals surface area (Å²) in [6.45, 7) is 0.993. The van der Waals surface area contributed by atoms with E-state index in [1.807, 2.05) is 35.7 Å². The first-order chi connectivity index (χ1) is 11.7. The lowest BCUT2D eigenvalue weighted by Crippen LogP contribution is -2.48. The molecule has 1 fully saturated rings. The molecule has 1 aromatic carbocycles. The number of rotatable bonds is 4. The minimum atomic E-state index is -0.392. The SMILES string of the molecule is CNC(=O)N1CCCC1C(=O)NCc1csc(-c2ccccc2)n1. The summed E-state index contributed by atoms with van der Waals surface area (Å²) in [4.78, 5) is 30.3. The van der Waals surface area contributed by atoms with Gasteiger partial charge in [-0.25, -0.2) is 9.78 Å². The molecule has 0 aliphatic carbocycles. The number of amides is 3. The molecule has 0 bridgehead atoms. The van der Waals surface area contributed by atoms with Crippen LogP contribution in [0.3, 0.4) is 0 Å². The van der Waals surface area contributed by atoms with Crippen molar-refractivity contribution in [2.24, 2.45) is 0 Å². The second kappa shape index (κ2) is 7.44. The van der Waals surface area contributed by atoms with E-state index in [2.05, 4.69) is 15.6 Å². The van der Waals surface area contributed by atoms with E-state index in [9.17, 15) is 9.59 Å². The Morgan fingerprint density at radius 1 is 1.33 bits per heavy atom. The minimum absolute atomic E-state index is 0.120. The van der Waals surface area contributed by atoms with Crippen molar-refractivity contribution in [2.45, 2.75) is 25.4 Å². The van der Waals surface area contributed by atoms with Gasteiger partial charge in [-0.3, -0.25) is 4.79 Å². The monoisotopic (exact) mass is 344 g/mol. The summed E-state index contributed by atoms with van der Waals surface area (Å²) in [7, 11) is 1.58. The highest BCUT2D eigenvalue weighted by Crippen LogP contribution is 2.23. The summed E-state index contributed by atoms with van der Waals surface area (Å²) >= 11 is 1.56. The van der Waals surface area contributed by atoms with Crippen LogP contribution in [0.1, 0.15) is 18.5 Å². The number of hydrogen-bond donors (Lipinski definition) is 2. The highest BCUT2D eigenvalue weighted by atomic mass is 32.1. The van der Waals surface area contributed by atoms with Crippen LogP contribution in [-0.4, -0.2) is 41.5 Å². The van der Waals surface area contributed by atoms with Crippen LogP contribution < -0.4 is 10.6 Å². The summed E-state index contributed by atoms with van der Waals surface area (Å²) in [5.74, 6) is -0.120. The Labute approximate surface area is 144 Å². The van der Waals surface area contributed by atoms with Gasteiger partial charge in [0.05, 0.1) is 12.2 Å². The number of nitrogens with zero attached hydrogens (tertiary/aromatic N) is 2. The molecule has 1 unspecified atom stereocenters. The van der Waals surface area contributed by atoms with E-state index in [4.69, 9.17) is 0 Å². The molecule has 3 amide bonds. The predicted molar refractivity (Wildman–Crippen MR) is 93.6 cm³/mol. The Kier molecular flexibility index (Phi) is 5.10. The number of carbonyl (C=O) groups excluding carboxylic acids is 2. The maximum absolute atomic E-state index is 12.4. The zero-order valence-electron chi connectivity index (χ0n) is 13.5. The van der Waals surface area contributed by atoms with Gasteiger partial charge in [-0.1, -0.05) is 30.3 Å². The summed E-state index contributed by atoms with van der Waals surface area (Å²) in [6, 6.07) is 9.36. The van der Waals surface area contributed by atoms with E-state index < -0.39 is 6.04 Å². The number of urea groups is 1. The number of thiazole rings is 1. The normalized spacial score (nSPS) is 16.9. The third-order valence-electron chi connectivity index (χ3n) is 4.05. The molecule has 1 aromatic heterocycles. The molecule has 1 aliphatic heterocycles. The molecule has 1 atom stereocenters. The Hall–Kier alpha value is -2.41. The molecular weight excluding hydrogens is 324 g/mol. The van der Waals surface area contributed by atoms with Gasteiger partial charge in [0.25, 0.3) is 0 Å². The van der Waals surface area contributed by atoms with Gasteiger partial charge in [0.15, 0.2) is 0 Å². The van der Waals surface area contributed by atoms with Crippen LogP contribution in [0.4, 0.5) is 4.79 Å².